The van der Waals surface area contributed by atoms with Gasteiger partial charge in [-0.05, 0) is 37.2 Å². The summed E-state index contributed by atoms with van der Waals surface area (Å²) >= 11 is 0. The lowest BCUT2D eigenvalue weighted by molar-refractivity contribution is -0.151. The number of hydrogen-bond donors (Lipinski definition) is 1. The number of hydrogen-bond acceptors (Lipinski definition) is 4. The van der Waals surface area contributed by atoms with E-state index in [0.717, 1.165) is 38.0 Å². The monoisotopic (exact) mass is 335 g/mol. The summed E-state index contributed by atoms with van der Waals surface area (Å²) in [5.74, 6) is 0.588. The first-order valence-electron chi connectivity index (χ1n) is 9.04. The highest BCUT2D eigenvalue weighted by Crippen LogP contribution is 2.39. The first kappa shape index (κ1) is 17.4. The van der Waals surface area contributed by atoms with Crippen molar-refractivity contribution in [2.75, 3.05) is 26.3 Å². The van der Waals surface area contributed by atoms with Gasteiger partial charge in [-0.25, -0.2) is 0 Å². The summed E-state index contributed by atoms with van der Waals surface area (Å²) in [4.78, 5) is 14.4. The van der Waals surface area contributed by atoms with E-state index in [2.05, 4.69) is 12.0 Å². The Morgan fingerprint density at radius 2 is 2.21 bits per heavy atom. The van der Waals surface area contributed by atoms with Crippen LogP contribution >= 0.6 is 0 Å². The second-order valence-corrected chi connectivity index (χ2v) is 7.39. The molecule has 2 aliphatic heterocycles. The van der Waals surface area contributed by atoms with E-state index in [4.69, 9.17) is 4.74 Å². The van der Waals surface area contributed by atoms with Crippen LogP contribution in [0.15, 0.2) is 12.4 Å². The molecule has 1 aromatic rings. The largest absolute Gasteiger partial charge is 0.389 e. The lowest BCUT2D eigenvalue weighted by Gasteiger charge is -2.48. The minimum Gasteiger partial charge on any atom is -0.389 e. The van der Waals surface area contributed by atoms with Gasteiger partial charge in [0.05, 0.1) is 11.8 Å². The second kappa shape index (κ2) is 7.23. The summed E-state index contributed by atoms with van der Waals surface area (Å²) < 4.78 is 7.18. The van der Waals surface area contributed by atoms with Crippen LogP contribution in [0.2, 0.25) is 0 Å². The van der Waals surface area contributed by atoms with Crippen LogP contribution in [-0.2, 0) is 23.0 Å². The topological polar surface area (TPSA) is 67.6 Å². The summed E-state index contributed by atoms with van der Waals surface area (Å²) in [7, 11) is 1.88. The minimum absolute atomic E-state index is 0.108. The van der Waals surface area contributed by atoms with Gasteiger partial charge >= 0.3 is 0 Å². The first-order chi connectivity index (χ1) is 11.5. The minimum atomic E-state index is -0.649. The molecule has 2 aliphatic rings. The molecule has 3 rings (SSSR count). The van der Waals surface area contributed by atoms with Crippen molar-refractivity contribution in [1.29, 1.82) is 0 Å². The highest BCUT2D eigenvalue weighted by atomic mass is 16.5. The maximum Gasteiger partial charge on any atom is 0.222 e. The fraction of sp³-hybridized carbons (Fsp3) is 0.778. The molecule has 24 heavy (non-hydrogen) atoms. The van der Waals surface area contributed by atoms with Crippen LogP contribution in [0.4, 0.5) is 0 Å². The van der Waals surface area contributed by atoms with Crippen LogP contribution in [0.1, 0.15) is 38.2 Å². The van der Waals surface area contributed by atoms with E-state index < -0.39 is 5.60 Å². The van der Waals surface area contributed by atoms with Crippen LogP contribution in [0.3, 0.4) is 0 Å². The van der Waals surface area contributed by atoms with E-state index in [1.807, 2.05) is 24.3 Å². The molecule has 2 fully saturated rings. The normalized spacial score (nSPS) is 29.0. The standard InChI is InChI=1S/C18H29N3O3/c1-14-12-21(17(22)4-3-15-11-19-20(2)13-15)8-7-18(14,23)16-5-9-24-10-6-16/h11,13-14,16,23H,3-10,12H2,1-2H3. The number of ether oxygens (including phenoxy) is 1. The molecule has 0 aromatic carbocycles. The van der Waals surface area contributed by atoms with Crippen molar-refractivity contribution >= 4 is 5.91 Å². The molecule has 134 valence electrons. The van der Waals surface area contributed by atoms with E-state index in [9.17, 15) is 9.90 Å². The van der Waals surface area contributed by atoms with Crippen LogP contribution in [0.5, 0.6) is 0 Å². The lowest BCUT2D eigenvalue weighted by Crippen LogP contribution is -2.56. The Morgan fingerprint density at radius 1 is 1.46 bits per heavy atom. The predicted molar refractivity (Wildman–Crippen MR) is 90.4 cm³/mol. The Morgan fingerprint density at radius 3 is 2.83 bits per heavy atom. The van der Waals surface area contributed by atoms with Gasteiger partial charge in [-0.15, -0.1) is 0 Å². The SMILES string of the molecule is CC1CN(C(=O)CCc2cnn(C)c2)CCC1(O)C1CCOCC1. The number of amides is 1. The molecule has 6 heteroatoms. The fourth-order valence-electron chi connectivity index (χ4n) is 4.18. The summed E-state index contributed by atoms with van der Waals surface area (Å²) in [6.07, 6.45) is 7.53. The van der Waals surface area contributed by atoms with Gasteiger partial charge in [0.25, 0.3) is 0 Å². The van der Waals surface area contributed by atoms with Crippen molar-refractivity contribution in [3.05, 3.63) is 18.0 Å². The van der Waals surface area contributed by atoms with E-state index in [1.54, 1.807) is 4.68 Å². The zero-order valence-electron chi connectivity index (χ0n) is 14.8. The number of aromatic nitrogens is 2. The maximum absolute atomic E-state index is 12.5. The van der Waals surface area contributed by atoms with Crippen molar-refractivity contribution in [2.45, 2.75) is 44.6 Å². The Balaban J connectivity index is 1.53. The third-order valence-electron chi connectivity index (χ3n) is 5.80. The van der Waals surface area contributed by atoms with Crippen molar-refractivity contribution in [2.24, 2.45) is 18.9 Å². The lowest BCUT2D eigenvalue weighted by atomic mass is 9.70. The van der Waals surface area contributed by atoms with E-state index in [0.29, 0.717) is 31.8 Å². The molecule has 2 saturated heterocycles. The molecule has 0 bridgehead atoms. The van der Waals surface area contributed by atoms with Gasteiger partial charge in [-0.1, -0.05) is 6.92 Å². The molecular weight excluding hydrogens is 306 g/mol. The van der Waals surface area contributed by atoms with Gasteiger partial charge < -0.3 is 14.7 Å². The van der Waals surface area contributed by atoms with Crippen LogP contribution in [0, 0.1) is 11.8 Å². The molecule has 2 unspecified atom stereocenters. The zero-order chi connectivity index (χ0) is 17.2. The molecule has 1 amide bonds. The second-order valence-electron chi connectivity index (χ2n) is 7.39. The highest BCUT2D eigenvalue weighted by Gasteiger charge is 2.45. The zero-order valence-corrected chi connectivity index (χ0v) is 14.8. The third kappa shape index (κ3) is 3.64. The molecule has 0 saturated carbocycles. The first-order valence-corrected chi connectivity index (χ1v) is 9.04. The smallest absolute Gasteiger partial charge is 0.222 e. The number of aliphatic hydroxyl groups is 1. The molecule has 0 spiro atoms. The number of nitrogens with zero attached hydrogens (tertiary/aromatic N) is 3. The van der Waals surface area contributed by atoms with E-state index in [1.165, 1.54) is 0 Å². The van der Waals surface area contributed by atoms with Crippen molar-refractivity contribution < 1.29 is 14.6 Å². The average molecular weight is 335 g/mol. The Labute approximate surface area is 143 Å². The van der Waals surface area contributed by atoms with Gasteiger partial charge in [0, 0.05) is 51.9 Å². The molecule has 6 nitrogen and oxygen atoms in total. The van der Waals surface area contributed by atoms with E-state index >= 15 is 0 Å². The van der Waals surface area contributed by atoms with Gasteiger partial charge in [0.1, 0.15) is 0 Å². The highest BCUT2D eigenvalue weighted by molar-refractivity contribution is 5.76. The van der Waals surface area contributed by atoms with Gasteiger partial charge in [0.2, 0.25) is 5.91 Å². The van der Waals surface area contributed by atoms with Gasteiger partial charge in [-0.3, -0.25) is 9.48 Å². The number of carbonyl (C=O) groups is 1. The van der Waals surface area contributed by atoms with Gasteiger partial charge in [0.15, 0.2) is 0 Å². The number of likely N-dealkylation sites (tertiary alicyclic amines) is 1. The van der Waals surface area contributed by atoms with Crippen LogP contribution in [0.25, 0.3) is 0 Å². The number of carbonyl (C=O) groups excluding carboxylic acids is 1. The summed E-state index contributed by atoms with van der Waals surface area (Å²) in [5.41, 5.74) is 0.443. The summed E-state index contributed by atoms with van der Waals surface area (Å²) in [6, 6.07) is 0. The molecular formula is C18H29N3O3. The number of aryl methyl sites for hydroxylation is 2. The fourth-order valence-corrected chi connectivity index (χ4v) is 4.18. The molecule has 0 aliphatic carbocycles. The predicted octanol–water partition coefficient (Wildman–Crippen LogP) is 1.38. The quantitative estimate of drug-likeness (QED) is 0.903. The molecule has 2 atom stereocenters. The van der Waals surface area contributed by atoms with Crippen molar-refractivity contribution in [1.82, 2.24) is 14.7 Å². The average Bonchev–Trinajstić information content (AvgIpc) is 3.01. The third-order valence-corrected chi connectivity index (χ3v) is 5.80. The Hall–Kier alpha value is -1.40. The van der Waals surface area contributed by atoms with E-state index in [-0.39, 0.29) is 11.8 Å². The summed E-state index contributed by atoms with van der Waals surface area (Å²) in [6.45, 7) is 4.88. The Bertz CT molecular complexity index is 568. The molecule has 0 radical (unpaired) electrons. The van der Waals surface area contributed by atoms with Gasteiger partial charge in [-0.2, -0.15) is 5.10 Å². The molecule has 1 N–H and O–H groups in total. The van der Waals surface area contributed by atoms with Crippen LogP contribution < -0.4 is 0 Å². The van der Waals surface area contributed by atoms with Crippen molar-refractivity contribution in [3.63, 3.8) is 0 Å². The van der Waals surface area contributed by atoms with Crippen LogP contribution in [-0.4, -0.2) is 57.6 Å². The number of piperidine rings is 1. The molecule has 1 aromatic heterocycles. The van der Waals surface area contributed by atoms with Crippen molar-refractivity contribution in [3.8, 4) is 0 Å². The molecule has 3 heterocycles. The Kier molecular flexibility index (Phi) is 5.25. The summed E-state index contributed by atoms with van der Waals surface area (Å²) in [5, 5.41) is 15.3. The number of rotatable bonds is 4. The maximum atomic E-state index is 12.5.